The van der Waals surface area contributed by atoms with Gasteiger partial charge in [0.2, 0.25) is 0 Å². The zero-order valence-corrected chi connectivity index (χ0v) is 45.2. The number of aromatic nitrogens is 6. The van der Waals surface area contributed by atoms with E-state index in [-0.39, 0.29) is 36.6 Å². The summed E-state index contributed by atoms with van der Waals surface area (Å²) >= 11 is 0. The van der Waals surface area contributed by atoms with Crippen molar-refractivity contribution in [2.24, 2.45) is 5.92 Å². The Labute approximate surface area is 448 Å². The van der Waals surface area contributed by atoms with E-state index in [1.54, 1.807) is 18.2 Å². The summed E-state index contributed by atoms with van der Waals surface area (Å²) in [4.78, 5) is 40.8. The molecule has 12 nitrogen and oxygen atoms in total. The number of rotatable bonds is 23. The molecule has 2 N–H and O–H groups in total. The van der Waals surface area contributed by atoms with Crippen molar-refractivity contribution < 1.29 is 29.2 Å². The number of benzene rings is 6. The molecule has 2 heterocycles. The maximum Gasteiger partial charge on any atom is 0.309 e. The van der Waals surface area contributed by atoms with Gasteiger partial charge in [-0.3, -0.25) is 4.79 Å². The van der Waals surface area contributed by atoms with Crippen LogP contribution in [0.15, 0.2) is 133 Å². The van der Waals surface area contributed by atoms with Crippen molar-refractivity contribution in [3.63, 3.8) is 0 Å². The number of carbonyl (C=O) groups excluding carboxylic acids is 1. The van der Waals surface area contributed by atoms with Crippen LogP contribution >= 0.6 is 0 Å². The van der Waals surface area contributed by atoms with Gasteiger partial charge >= 0.3 is 5.97 Å². The van der Waals surface area contributed by atoms with Gasteiger partial charge in [-0.15, -0.1) is 0 Å². The lowest BCUT2D eigenvalue weighted by atomic mass is 10.00. The number of nitrogens with zero attached hydrogens (tertiary/aromatic N) is 6. The topological polar surface area (TPSA) is 163 Å². The van der Waals surface area contributed by atoms with E-state index in [2.05, 4.69) is 92.9 Å². The van der Waals surface area contributed by atoms with Crippen LogP contribution in [-0.4, -0.2) is 65.9 Å². The molecule has 0 aliphatic carbocycles. The number of phenols is 2. The molecule has 1 atom stereocenters. The van der Waals surface area contributed by atoms with Gasteiger partial charge in [-0.25, -0.2) is 29.9 Å². The predicted molar refractivity (Wildman–Crippen MR) is 303 cm³/mol. The Hall–Kier alpha value is -7.99. The van der Waals surface area contributed by atoms with E-state index in [9.17, 15) is 15.0 Å². The second-order valence-electron chi connectivity index (χ2n) is 19.2. The molecule has 1 unspecified atom stereocenters. The normalized spacial score (nSPS) is 11.4. The van der Waals surface area contributed by atoms with Gasteiger partial charge in [0.05, 0.1) is 23.7 Å². The molecule has 6 aromatic carbocycles. The summed E-state index contributed by atoms with van der Waals surface area (Å²) in [6, 6.07) is 42.1. The number of hydrogen-bond donors (Lipinski definition) is 2. The van der Waals surface area contributed by atoms with Gasteiger partial charge < -0.3 is 24.4 Å². The van der Waals surface area contributed by atoms with E-state index in [4.69, 9.17) is 29.2 Å². The summed E-state index contributed by atoms with van der Waals surface area (Å²) in [5, 5.41) is 21.8. The lowest BCUT2D eigenvalue weighted by Gasteiger charge is -2.14. The Morgan fingerprint density at radius 2 is 0.868 bits per heavy atom. The van der Waals surface area contributed by atoms with Crippen LogP contribution < -0.4 is 9.47 Å². The molecule has 0 spiro atoms. The highest BCUT2D eigenvalue weighted by atomic mass is 16.6. The third kappa shape index (κ3) is 15.5. The molecular weight excluding hydrogens is 949 g/mol. The maximum atomic E-state index is 12.3. The van der Waals surface area contributed by atoms with Crippen molar-refractivity contribution >= 4 is 5.97 Å². The van der Waals surface area contributed by atoms with E-state index < -0.39 is 0 Å². The van der Waals surface area contributed by atoms with Crippen LogP contribution in [0.25, 0.3) is 68.3 Å². The fraction of sp³-hybridized carbons (Fsp3) is 0.328. The number of aromatic hydroxyl groups is 2. The molecule has 12 heteroatoms. The Balaban J connectivity index is 0.000000221. The number of esters is 1. The molecule has 0 aliphatic rings. The van der Waals surface area contributed by atoms with Crippen molar-refractivity contribution in [1.29, 1.82) is 0 Å². The second-order valence-corrected chi connectivity index (χ2v) is 19.2. The number of ether oxygens (including phenoxy) is 3. The quantitative estimate of drug-likeness (QED) is 0.0461. The van der Waals surface area contributed by atoms with Crippen LogP contribution in [0.5, 0.6) is 23.0 Å². The van der Waals surface area contributed by atoms with Crippen molar-refractivity contribution in [2.45, 2.75) is 113 Å². The fourth-order valence-electron chi connectivity index (χ4n) is 8.81. The molecule has 0 bridgehead atoms. The molecule has 0 radical (unpaired) electrons. The Kier molecular flexibility index (Phi) is 20.6. The molecule has 0 saturated carbocycles. The van der Waals surface area contributed by atoms with Crippen molar-refractivity contribution in [3.8, 4) is 91.3 Å². The monoisotopic (exact) mass is 1020 g/mol. The van der Waals surface area contributed by atoms with Crippen LogP contribution in [0.1, 0.15) is 107 Å². The molecule has 0 aliphatic heterocycles. The average Bonchev–Trinajstić information content (AvgIpc) is 3.43. The maximum absolute atomic E-state index is 12.3. The lowest BCUT2D eigenvalue weighted by Crippen LogP contribution is -2.20. The summed E-state index contributed by atoms with van der Waals surface area (Å²) in [6.07, 6.45) is 10.9. The summed E-state index contributed by atoms with van der Waals surface area (Å²) in [7, 11) is 0. The molecule has 394 valence electrons. The van der Waals surface area contributed by atoms with Crippen molar-refractivity contribution in [2.75, 3.05) is 19.8 Å². The van der Waals surface area contributed by atoms with E-state index >= 15 is 0 Å². The largest absolute Gasteiger partial charge is 0.507 e. The fourth-order valence-corrected chi connectivity index (χ4v) is 8.81. The zero-order valence-electron chi connectivity index (χ0n) is 45.2. The summed E-state index contributed by atoms with van der Waals surface area (Å²) < 4.78 is 17.0. The molecule has 0 saturated heterocycles. The number of unbranched alkanes of at least 4 members (excludes halogenated alkanes) is 6. The van der Waals surface area contributed by atoms with Gasteiger partial charge in [-0.1, -0.05) is 174 Å². The minimum Gasteiger partial charge on any atom is -0.507 e. The van der Waals surface area contributed by atoms with Gasteiger partial charge in [-0.05, 0) is 82.3 Å². The van der Waals surface area contributed by atoms with Crippen LogP contribution in [0.3, 0.4) is 0 Å². The van der Waals surface area contributed by atoms with Gasteiger partial charge in [0, 0.05) is 34.4 Å². The Morgan fingerprint density at radius 1 is 0.447 bits per heavy atom. The Morgan fingerprint density at radius 3 is 1.33 bits per heavy atom. The first kappa shape index (κ1) is 55.8. The third-order valence-electron chi connectivity index (χ3n) is 13.1. The second kappa shape index (κ2) is 28.1. The Bertz CT molecular complexity index is 3020. The molecule has 8 rings (SSSR count). The molecular formula is C64H72N6O6. The van der Waals surface area contributed by atoms with E-state index in [1.807, 2.05) is 79.7 Å². The standard InChI is InChI=1S/C33H39N3O2.C31H33N3O4/c1-6-7-8-9-10-11-18-38-26-14-17-29(30(37)21-26)33-35-31(27-15-12-22(2)19-24(27)4)34-32(36-33)28-16-13-23(3)20-25(28)5;1-3-5-12-22(4-2)31(36)38-20-19-37-25-17-18-26(27(35)21-25)30-33-28(23-13-8-6-9-14-23)32-29(34-30)24-15-10-7-11-16-24/h12-17,19-21,37H,6-11,18H2,1-5H3;6-11,13-18,21-22,35H,3-5,12,19-20H2,1-2H3. The lowest BCUT2D eigenvalue weighted by molar-refractivity contribution is -0.149. The minimum absolute atomic E-state index is 0.0191. The highest BCUT2D eigenvalue weighted by Crippen LogP contribution is 2.35. The number of carbonyl (C=O) groups is 1. The first-order chi connectivity index (χ1) is 36.9. The van der Waals surface area contributed by atoms with Gasteiger partial charge in [0.1, 0.15) is 36.2 Å². The smallest absolute Gasteiger partial charge is 0.309 e. The minimum atomic E-state index is -0.180. The number of aryl methyl sites for hydroxylation is 4. The van der Waals surface area contributed by atoms with E-state index in [0.717, 1.165) is 71.9 Å². The average molecular weight is 1020 g/mol. The summed E-state index contributed by atoms with van der Waals surface area (Å²) in [5.41, 5.74) is 9.16. The van der Waals surface area contributed by atoms with Gasteiger partial charge in [0.25, 0.3) is 0 Å². The van der Waals surface area contributed by atoms with E-state index in [1.165, 1.54) is 42.9 Å². The van der Waals surface area contributed by atoms with Crippen molar-refractivity contribution in [3.05, 3.63) is 156 Å². The van der Waals surface area contributed by atoms with Gasteiger partial charge in [-0.2, -0.15) is 0 Å². The molecule has 0 fully saturated rings. The number of phenolic OH excluding ortho intramolecular Hbond substituents is 2. The highest BCUT2D eigenvalue weighted by Gasteiger charge is 2.20. The number of hydrogen-bond acceptors (Lipinski definition) is 12. The van der Waals surface area contributed by atoms with Gasteiger partial charge in [0.15, 0.2) is 34.9 Å². The molecule has 8 aromatic rings. The third-order valence-corrected chi connectivity index (χ3v) is 13.1. The molecule has 0 amide bonds. The first-order valence-corrected chi connectivity index (χ1v) is 26.8. The van der Waals surface area contributed by atoms with Crippen LogP contribution in [0, 0.1) is 33.6 Å². The molecule has 2 aromatic heterocycles. The van der Waals surface area contributed by atoms with E-state index in [0.29, 0.717) is 64.2 Å². The van der Waals surface area contributed by atoms with Crippen LogP contribution in [-0.2, 0) is 9.53 Å². The molecule has 76 heavy (non-hydrogen) atoms. The zero-order chi connectivity index (χ0) is 53.8. The predicted octanol–water partition coefficient (Wildman–Crippen LogP) is 15.3. The first-order valence-electron chi connectivity index (χ1n) is 26.8. The highest BCUT2D eigenvalue weighted by molar-refractivity contribution is 5.74. The van der Waals surface area contributed by atoms with Crippen LogP contribution in [0.4, 0.5) is 0 Å². The summed E-state index contributed by atoms with van der Waals surface area (Å²) in [6.45, 7) is 15.6. The van der Waals surface area contributed by atoms with Crippen molar-refractivity contribution in [1.82, 2.24) is 29.9 Å². The van der Waals surface area contributed by atoms with Crippen LogP contribution in [0.2, 0.25) is 0 Å². The SMILES string of the molecule is CCCCC(CC)C(=O)OCCOc1ccc(-c2nc(-c3ccccc3)nc(-c3ccccc3)n2)c(O)c1.CCCCCCCCOc1ccc(-c2nc(-c3ccc(C)cc3C)nc(-c3ccc(C)cc3C)n2)c(O)c1. The summed E-state index contributed by atoms with van der Waals surface area (Å²) in [5.74, 6) is 3.93.